The molecule has 2 atom stereocenters. The first-order valence-corrected chi connectivity index (χ1v) is 11.2. The quantitative estimate of drug-likeness (QED) is 0.566. The molecule has 0 saturated heterocycles. The summed E-state index contributed by atoms with van der Waals surface area (Å²) in [4.78, 5) is 40.4. The van der Waals surface area contributed by atoms with Gasteiger partial charge in [0.15, 0.2) is 6.10 Å². The summed E-state index contributed by atoms with van der Waals surface area (Å²) < 4.78 is 5.80. The second-order valence-corrected chi connectivity index (χ2v) is 8.22. The van der Waals surface area contributed by atoms with E-state index in [-0.39, 0.29) is 30.7 Å². The van der Waals surface area contributed by atoms with Gasteiger partial charge in [-0.2, -0.15) is 0 Å². The summed E-state index contributed by atoms with van der Waals surface area (Å²) in [6.07, 6.45) is -0.855. The maximum absolute atomic E-state index is 13.5. The predicted octanol–water partition coefficient (Wildman–Crippen LogP) is 3.74. The number of hydrogen-bond acceptors (Lipinski definition) is 4. The lowest BCUT2D eigenvalue weighted by Crippen LogP contribution is -2.50. The van der Waals surface area contributed by atoms with Gasteiger partial charge in [-0.05, 0) is 29.8 Å². The molecule has 174 valence electrons. The summed E-state index contributed by atoms with van der Waals surface area (Å²) in [7, 11) is 1.52. The summed E-state index contributed by atoms with van der Waals surface area (Å²) in [5, 5.41) is 5.85. The van der Waals surface area contributed by atoms with E-state index in [1.54, 1.807) is 48.5 Å². The molecule has 0 fully saturated rings. The average Bonchev–Trinajstić information content (AvgIpc) is 2.87. The van der Waals surface area contributed by atoms with Crippen LogP contribution >= 0.6 is 11.6 Å². The summed E-state index contributed by atoms with van der Waals surface area (Å²) in [5.41, 5.74) is 1.69. The molecule has 0 radical (unpaired) electrons. The van der Waals surface area contributed by atoms with Gasteiger partial charge in [0.05, 0.1) is 35.3 Å². The average molecular weight is 478 g/mol. The van der Waals surface area contributed by atoms with E-state index in [1.165, 1.54) is 11.9 Å². The van der Waals surface area contributed by atoms with E-state index in [1.807, 2.05) is 30.3 Å². The highest BCUT2D eigenvalue weighted by atomic mass is 35.5. The van der Waals surface area contributed by atoms with Gasteiger partial charge in [-0.3, -0.25) is 14.4 Å². The maximum atomic E-state index is 13.5. The Morgan fingerprint density at radius 1 is 1.00 bits per heavy atom. The molecule has 1 heterocycles. The highest BCUT2D eigenvalue weighted by Gasteiger charge is 2.34. The third-order valence-corrected chi connectivity index (χ3v) is 5.95. The van der Waals surface area contributed by atoms with Crippen LogP contribution in [0.3, 0.4) is 0 Å². The van der Waals surface area contributed by atoms with Crippen molar-refractivity contribution < 1.29 is 19.1 Å². The number of benzene rings is 3. The lowest BCUT2D eigenvalue weighted by molar-refractivity contribution is -0.128. The molecule has 3 aromatic carbocycles. The Morgan fingerprint density at radius 2 is 1.68 bits per heavy atom. The van der Waals surface area contributed by atoms with Gasteiger partial charge in [0, 0.05) is 7.05 Å². The molecule has 8 heteroatoms. The van der Waals surface area contributed by atoms with Crippen LogP contribution in [0.2, 0.25) is 5.02 Å². The van der Waals surface area contributed by atoms with E-state index in [9.17, 15) is 14.4 Å². The van der Waals surface area contributed by atoms with Crippen LogP contribution in [0.15, 0.2) is 78.9 Å². The van der Waals surface area contributed by atoms with Crippen molar-refractivity contribution in [1.29, 1.82) is 0 Å². The third-order valence-electron chi connectivity index (χ3n) is 5.62. The summed E-state index contributed by atoms with van der Waals surface area (Å²) >= 11 is 6.20. The fraction of sp³-hybridized carbons (Fsp3) is 0.192. The fourth-order valence-electron chi connectivity index (χ4n) is 3.87. The van der Waals surface area contributed by atoms with Crippen LogP contribution in [0.4, 0.5) is 5.69 Å². The van der Waals surface area contributed by atoms with Crippen molar-refractivity contribution in [2.45, 2.75) is 18.6 Å². The lowest BCUT2D eigenvalue weighted by atomic mass is 10.0. The monoisotopic (exact) mass is 477 g/mol. The standard InChI is InChI=1S/C26H24ClN3O4/c1-28-26(33)23-16-30(21-13-7-8-14-22(21)34-23)24(31)15-20(17-9-3-2-4-10-17)29-25(32)18-11-5-6-12-19(18)27/h2-14,20,23H,15-16H2,1H3,(H,28,33)(H,29,32). The Balaban J connectivity index is 1.61. The Labute approximate surface area is 202 Å². The minimum absolute atomic E-state index is 0.0188. The number of fused-ring (bicyclic) bond motifs is 1. The lowest BCUT2D eigenvalue weighted by Gasteiger charge is -2.35. The van der Waals surface area contributed by atoms with E-state index in [4.69, 9.17) is 16.3 Å². The minimum Gasteiger partial charge on any atom is -0.477 e. The maximum Gasteiger partial charge on any atom is 0.262 e. The molecule has 4 rings (SSSR count). The first-order chi connectivity index (χ1) is 16.5. The zero-order valence-electron chi connectivity index (χ0n) is 18.5. The molecule has 34 heavy (non-hydrogen) atoms. The number of carbonyl (C=O) groups is 3. The van der Waals surface area contributed by atoms with Crippen LogP contribution in [0.5, 0.6) is 5.75 Å². The number of ether oxygens (including phenoxy) is 1. The molecule has 7 nitrogen and oxygen atoms in total. The number of amides is 3. The molecule has 0 spiro atoms. The van der Waals surface area contributed by atoms with E-state index in [0.29, 0.717) is 22.0 Å². The number of hydrogen-bond donors (Lipinski definition) is 2. The minimum atomic E-state index is -0.836. The Kier molecular flexibility index (Phi) is 7.13. The van der Waals surface area contributed by atoms with Crippen molar-refractivity contribution in [3.63, 3.8) is 0 Å². The van der Waals surface area contributed by atoms with Crippen molar-refractivity contribution in [1.82, 2.24) is 10.6 Å². The van der Waals surface area contributed by atoms with Crippen LogP contribution < -0.4 is 20.3 Å². The van der Waals surface area contributed by atoms with Crippen molar-refractivity contribution in [3.8, 4) is 5.75 Å². The smallest absolute Gasteiger partial charge is 0.262 e. The van der Waals surface area contributed by atoms with E-state index in [2.05, 4.69) is 10.6 Å². The molecule has 0 aliphatic carbocycles. The number of rotatable bonds is 6. The van der Waals surface area contributed by atoms with E-state index < -0.39 is 12.1 Å². The SMILES string of the molecule is CNC(=O)C1CN(C(=O)CC(NC(=O)c2ccccc2Cl)c2ccccc2)c2ccccc2O1. The van der Waals surface area contributed by atoms with Crippen LogP contribution in [0.25, 0.3) is 0 Å². The van der Waals surface area contributed by atoms with Crippen molar-refractivity contribution >= 4 is 35.0 Å². The second-order valence-electron chi connectivity index (χ2n) is 7.81. The summed E-state index contributed by atoms with van der Waals surface area (Å²) in [6.45, 7) is 0.0650. The van der Waals surface area contributed by atoms with E-state index >= 15 is 0 Å². The molecule has 2 N–H and O–H groups in total. The zero-order chi connectivity index (χ0) is 24.1. The summed E-state index contributed by atoms with van der Waals surface area (Å²) in [5.74, 6) is -0.498. The molecular weight excluding hydrogens is 454 g/mol. The number of para-hydroxylation sites is 2. The highest BCUT2D eigenvalue weighted by Crippen LogP contribution is 2.34. The number of halogens is 1. The molecule has 3 amide bonds. The highest BCUT2D eigenvalue weighted by molar-refractivity contribution is 6.33. The first kappa shape index (κ1) is 23.3. The molecule has 1 aliphatic heterocycles. The van der Waals surface area contributed by atoms with Gasteiger partial charge in [-0.1, -0.05) is 66.2 Å². The number of carbonyl (C=O) groups excluding carboxylic acids is 3. The van der Waals surface area contributed by atoms with Crippen LogP contribution in [0.1, 0.15) is 28.4 Å². The van der Waals surface area contributed by atoms with Gasteiger partial charge in [-0.25, -0.2) is 0 Å². The van der Waals surface area contributed by atoms with Crippen LogP contribution in [-0.2, 0) is 9.59 Å². The molecule has 1 aliphatic rings. The second kappa shape index (κ2) is 10.4. The number of nitrogens with zero attached hydrogens (tertiary/aromatic N) is 1. The van der Waals surface area contributed by atoms with Crippen molar-refractivity contribution in [2.24, 2.45) is 0 Å². The number of nitrogens with one attached hydrogen (secondary N) is 2. The molecular formula is C26H24ClN3O4. The number of anilines is 1. The zero-order valence-corrected chi connectivity index (χ0v) is 19.3. The normalized spacial score (nSPS) is 15.5. The predicted molar refractivity (Wildman–Crippen MR) is 130 cm³/mol. The Hall–Kier alpha value is -3.84. The fourth-order valence-corrected chi connectivity index (χ4v) is 4.09. The van der Waals surface area contributed by atoms with Crippen LogP contribution in [0, 0.1) is 0 Å². The third kappa shape index (κ3) is 5.05. The Morgan fingerprint density at radius 3 is 2.41 bits per heavy atom. The van der Waals surface area contributed by atoms with Gasteiger partial charge >= 0.3 is 0 Å². The van der Waals surface area contributed by atoms with Crippen LogP contribution in [-0.4, -0.2) is 37.4 Å². The van der Waals surface area contributed by atoms with Gasteiger partial charge in [0.2, 0.25) is 5.91 Å². The topological polar surface area (TPSA) is 87.7 Å². The number of likely N-dealkylation sites (N-methyl/N-ethyl adjacent to an activating group) is 1. The largest absolute Gasteiger partial charge is 0.477 e. The van der Waals surface area contributed by atoms with Gasteiger partial charge in [0.1, 0.15) is 5.75 Å². The molecule has 0 saturated carbocycles. The Bertz CT molecular complexity index is 1200. The summed E-state index contributed by atoms with van der Waals surface area (Å²) in [6, 6.07) is 22.5. The van der Waals surface area contributed by atoms with E-state index in [0.717, 1.165) is 5.56 Å². The molecule has 3 aromatic rings. The van der Waals surface area contributed by atoms with Crippen molar-refractivity contribution in [2.75, 3.05) is 18.5 Å². The van der Waals surface area contributed by atoms with Crippen molar-refractivity contribution in [3.05, 3.63) is 95.0 Å². The van der Waals surface area contributed by atoms with Gasteiger partial charge in [0.25, 0.3) is 11.8 Å². The van der Waals surface area contributed by atoms with Gasteiger partial charge < -0.3 is 20.3 Å². The first-order valence-electron chi connectivity index (χ1n) is 10.9. The molecule has 2 unspecified atom stereocenters. The molecule has 0 bridgehead atoms. The van der Waals surface area contributed by atoms with Gasteiger partial charge in [-0.15, -0.1) is 0 Å². The molecule has 0 aromatic heterocycles.